The molecule has 2 aliphatic heterocycles. The number of rotatable bonds is 15. The Bertz CT molecular complexity index is 2360. The van der Waals surface area contributed by atoms with Gasteiger partial charge in [0.2, 0.25) is 22.6 Å². The van der Waals surface area contributed by atoms with Crippen LogP contribution < -0.4 is 25.3 Å². The number of esters is 1. The Hall–Kier alpha value is -6.79. The van der Waals surface area contributed by atoms with Gasteiger partial charge in [0.05, 0.1) is 13.5 Å². The lowest BCUT2D eigenvalue weighted by Gasteiger charge is -2.49. The van der Waals surface area contributed by atoms with Crippen molar-refractivity contribution in [2.45, 2.75) is 64.3 Å². The van der Waals surface area contributed by atoms with Crippen molar-refractivity contribution >= 4 is 63.9 Å². The summed E-state index contributed by atoms with van der Waals surface area (Å²) in [6.45, 7) is 7.08. The molecule has 0 aliphatic carbocycles. The minimum atomic E-state index is -1.05. The van der Waals surface area contributed by atoms with E-state index in [-0.39, 0.29) is 48.5 Å². The summed E-state index contributed by atoms with van der Waals surface area (Å²) in [6, 6.07) is 11.5. The first kappa shape index (κ1) is 42.8. The highest BCUT2D eigenvalue weighted by molar-refractivity contribution is 8.00. The molecule has 19 nitrogen and oxygen atoms in total. The molecule has 6 rings (SSSR count). The van der Waals surface area contributed by atoms with Crippen molar-refractivity contribution in [2.24, 2.45) is 5.16 Å². The average molecular weight is 858 g/mol. The lowest BCUT2D eigenvalue weighted by Crippen LogP contribution is -2.71. The zero-order valence-electron chi connectivity index (χ0n) is 33.1. The standard InChI is InChI=1S/C39H40N10O9S2/c1-6-57-46-29(32-44-37(60-47-32)45-38(54)58-39(2,3)4)33(51)43-30-34(52)49-31(36(53)56-19-22-7-9-27(55-5)10-8-22)25(20-59-35(30)49)18-48-13-11-23(12-14-48)24-15-26(41-17-24)16-28(50)42-21-40/h7-15,17,30,35H,6,16,18-20H2,1-5H3,(H3,42,43,44,45,47,50,51,54)/p+1. The summed E-state index contributed by atoms with van der Waals surface area (Å²) in [5.41, 5.74) is 2.64. The van der Waals surface area contributed by atoms with Gasteiger partial charge in [-0.1, -0.05) is 17.3 Å². The number of oxime groups is 1. The number of carbonyl (C=O) groups excluding carboxylic acids is 5. The van der Waals surface area contributed by atoms with E-state index in [1.165, 1.54) is 16.7 Å². The van der Waals surface area contributed by atoms with Crippen LogP contribution in [0.2, 0.25) is 0 Å². The number of hydrogen-bond acceptors (Lipinski definition) is 15. The van der Waals surface area contributed by atoms with E-state index in [9.17, 15) is 24.0 Å². The van der Waals surface area contributed by atoms with Crippen molar-refractivity contribution < 1.29 is 47.6 Å². The molecular formula is C39H41N10O9S2+. The topological polar surface area (TPSA) is 243 Å². The van der Waals surface area contributed by atoms with Crippen LogP contribution in [0, 0.1) is 11.5 Å². The first-order valence-electron chi connectivity index (χ1n) is 18.4. The number of pyridine rings is 1. The molecule has 0 bridgehead atoms. The third kappa shape index (κ3) is 10.4. The Kier molecular flexibility index (Phi) is 13.5. The summed E-state index contributed by atoms with van der Waals surface area (Å²) in [5, 5.41) is 19.3. The number of nitrogens with zero attached hydrogens (tertiary/aromatic N) is 6. The van der Waals surface area contributed by atoms with E-state index in [2.05, 4.69) is 35.4 Å². The number of methoxy groups -OCH3 is 1. The van der Waals surface area contributed by atoms with Gasteiger partial charge >= 0.3 is 12.1 Å². The number of β-lactam (4-membered cyclic amide) rings is 1. The maximum Gasteiger partial charge on any atom is 0.414 e. The zero-order chi connectivity index (χ0) is 43.0. The smallest absolute Gasteiger partial charge is 0.414 e. The number of nitriles is 1. The molecule has 2 unspecified atom stereocenters. The van der Waals surface area contributed by atoms with E-state index < -0.39 is 46.8 Å². The lowest BCUT2D eigenvalue weighted by atomic mass is 10.0. The highest BCUT2D eigenvalue weighted by Gasteiger charge is 2.55. The molecule has 21 heteroatoms. The number of amides is 4. The molecule has 0 saturated carbocycles. The Morgan fingerprint density at radius 2 is 1.87 bits per heavy atom. The van der Waals surface area contributed by atoms with Crippen molar-refractivity contribution in [3.05, 3.63) is 89.4 Å². The molecule has 1 saturated heterocycles. The van der Waals surface area contributed by atoms with Gasteiger partial charge in [0.25, 0.3) is 11.8 Å². The number of ether oxygens (including phenoxy) is 3. The maximum absolute atomic E-state index is 13.9. The highest BCUT2D eigenvalue weighted by Crippen LogP contribution is 2.41. The van der Waals surface area contributed by atoms with Gasteiger partial charge in [-0.3, -0.25) is 29.9 Å². The second kappa shape index (κ2) is 18.9. The summed E-state index contributed by atoms with van der Waals surface area (Å²) in [7, 11) is 1.55. The van der Waals surface area contributed by atoms with E-state index in [1.807, 2.05) is 35.2 Å². The first-order valence-corrected chi connectivity index (χ1v) is 20.3. The fourth-order valence-electron chi connectivity index (χ4n) is 5.98. The number of fused-ring (bicyclic) bond motifs is 1. The van der Waals surface area contributed by atoms with Gasteiger partial charge in [-0.25, -0.2) is 14.2 Å². The Morgan fingerprint density at radius 1 is 1.12 bits per heavy atom. The van der Waals surface area contributed by atoms with Gasteiger partial charge < -0.3 is 29.3 Å². The number of nitrogens with one attached hydrogen (secondary N) is 4. The van der Waals surface area contributed by atoms with E-state index >= 15 is 0 Å². The lowest BCUT2D eigenvalue weighted by molar-refractivity contribution is -0.689. The number of aromatic nitrogens is 4. The molecule has 2 atom stereocenters. The van der Waals surface area contributed by atoms with E-state index in [1.54, 1.807) is 71.5 Å². The van der Waals surface area contributed by atoms with Gasteiger partial charge in [0.1, 0.15) is 41.7 Å². The number of thioether (sulfide) groups is 1. The number of aromatic amines is 1. The van der Waals surface area contributed by atoms with Crippen molar-refractivity contribution in [3.8, 4) is 23.1 Å². The minimum absolute atomic E-state index is 0.0191. The molecule has 2 aliphatic rings. The molecule has 1 aromatic carbocycles. The van der Waals surface area contributed by atoms with E-state index in [4.69, 9.17) is 24.3 Å². The third-order valence-electron chi connectivity index (χ3n) is 8.69. The minimum Gasteiger partial charge on any atom is -0.497 e. The second-order valence-corrected chi connectivity index (χ2v) is 16.0. The van der Waals surface area contributed by atoms with Crippen molar-refractivity contribution in [1.82, 2.24) is 29.9 Å². The molecule has 4 aromatic rings. The fraction of sp³-hybridized carbons (Fsp3) is 0.333. The van der Waals surface area contributed by atoms with Gasteiger partial charge in [0.15, 0.2) is 25.1 Å². The number of benzene rings is 1. The monoisotopic (exact) mass is 857 g/mol. The maximum atomic E-state index is 13.9. The van der Waals surface area contributed by atoms with Crippen molar-refractivity contribution in [1.29, 1.82) is 5.26 Å². The van der Waals surface area contributed by atoms with E-state index in [0.717, 1.165) is 22.7 Å². The van der Waals surface area contributed by atoms with Crippen LogP contribution in [-0.2, 0) is 53.1 Å². The van der Waals surface area contributed by atoms with Crippen molar-refractivity contribution in [3.63, 3.8) is 0 Å². The second-order valence-electron chi connectivity index (χ2n) is 14.2. The van der Waals surface area contributed by atoms with Crippen LogP contribution in [0.1, 0.15) is 44.8 Å². The molecule has 0 spiro atoms. The van der Waals surface area contributed by atoms with Gasteiger partial charge in [0, 0.05) is 46.9 Å². The van der Waals surface area contributed by atoms with Crippen LogP contribution in [0.15, 0.2) is 77.5 Å². The predicted molar refractivity (Wildman–Crippen MR) is 217 cm³/mol. The normalized spacial score (nSPS) is 16.2. The van der Waals surface area contributed by atoms with Crippen LogP contribution >= 0.6 is 23.3 Å². The van der Waals surface area contributed by atoms with E-state index in [0.29, 0.717) is 28.3 Å². The Morgan fingerprint density at radius 3 is 2.55 bits per heavy atom. The van der Waals surface area contributed by atoms with Crippen LogP contribution in [0.5, 0.6) is 5.75 Å². The molecule has 60 heavy (non-hydrogen) atoms. The average Bonchev–Trinajstić information content (AvgIpc) is 3.88. The summed E-state index contributed by atoms with van der Waals surface area (Å²) in [5.74, 6) is -1.68. The zero-order valence-corrected chi connectivity index (χ0v) is 34.8. The summed E-state index contributed by atoms with van der Waals surface area (Å²) in [4.78, 5) is 79.5. The van der Waals surface area contributed by atoms with Crippen molar-refractivity contribution in [2.75, 3.05) is 24.8 Å². The fourth-order valence-corrected chi connectivity index (χ4v) is 7.87. The summed E-state index contributed by atoms with van der Waals surface area (Å²) < 4.78 is 22.3. The molecule has 4 N–H and O–H groups in total. The number of carbonyl (C=O) groups is 5. The molecule has 4 amide bonds. The van der Waals surface area contributed by atoms with Crippen LogP contribution in [0.4, 0.5) is 9.93 Å². The molecule has 1 fully saturated rings. The Labute approximate surface area is 352 Å². The summed E-state index contributed by atoms with van der Waals surface area (Å²) >= 11 is 2.16. The molecule has 5 heterocycles. The SMILES string of the molecule is CCON=C(C(=O)NC1C(=O)N2C(C(=O)OCc3ccc(OC)cc3)=C(C[n+]3ccc(-c4c[nH]c(CC(=O)NC#N)c4)cc3)CSC12)c1nsc(NC(=O)OC(C)(C)C)n1. The molecule has 312 valence electrons. The summed E-state index contributed by atoms with van der Waals surface area (Å²) in [6.07, 6.45) is 6.30. The largest absolute Gasteiger partial charge is 0.497 e. The van der Waals surface area contributed by atoms with Crippen LogP contribution in [0.3, 0.4) is 0 Å². The first-order chi connectivity index (χ1) is 28.8. The van der Waals surface area contributed by atoms with Crippen LogP contribution in [-0.4, -0.2) is 91.2 Å². The van der Waals surface area contributed by atoms with Gasteiger partial charge in [-0.05, 0) is 62.6 Å². The van der Waals surface area contributed by atoms with Gasteiger partial charge in [-0.15, -0.1) is 11.8 Å². The number of hydrogen-bond donors (Lipinski definition) is 4. The molecular weight excluding hydrogens is 817 g/mol. The predicted octanol–water partition coefficient (Wildman–Crippen LogP) is 3.15. The third-order valence-corrected chi connectivity index (χ3v) is 10.7. The Balaban J connectivity index is 1.20. The molecule has 3 aromatic heterocycles. The quantitative estimate of drug-likeness (QED) is 0.0256. The number of H-pyrrole nitrogens is 1. The van der Waals surface area contributed by atoms with Crippen LogP contribution in [0.25, 0.3) is 11.1 Å². The molecule has 0 radical (unpaired) electrons. The van der Waals surface area contributed by atoms with Gasteiger partial charge in [-0.2, -0.15) is 14.6 Å². The number of anilines is 1. The highest BCUT2D eigenvalue weighted by atomic mass is 32.2.